The molecule has 20 heavy (non-hydrogen) atoms. The molecule has 0 bridgehead atoms. The molecule has 2 heteroatoms. The molecular weight excluding hydrogens is 244 g/mol. The Kier molecular flexibility index (Phi) is 3.87. The van der Waals surface area contributed by atoms with Gasteiger partial charge in [-0.05, 0) is 45.2 Å². The van der Waals surface area contributed by atoms with Crippen LogP contribution >= 0.6 is 0 Å². The van der Waals surface area contributed by atoms with E-state index in [9.17, 15) is 0 Å². The molecule has 1 aromatic carbocycles. The van der Waals surface area contributed by atoms with Crippen molar-refractivity contribution in [2.24, 2.45) is 0 Å². The smallest absolute Gasteiger partial charge is 0.0481 e. The zero-order chi connectivity index (χ0) is 14.2. The molecule has 0 saturated carbocycles. The Morgan fingerprint density at radius 2 is 1.90 bits per heavy atom. The lowest BCUT2D eigenvalue weighted by Crippen LogP contribution is -2.58. The maximum absolute atomic E-state index is 2.77. The molecule has 2 aliphatic rings. The zero-order valence-electron chi connectivity index (χ0n) is 13.2. The fraction of sp³-hybridized carbons (Fsp3) is 0.667. The first-order valence-corrected chi connectivity index (χ1v) is 8.17. The van der Waals surface area contributed by atoms with Crippen LogP contribution in [0.2, 0.25) is 0 Å². The van der Waals surface area contributed by atoms with Crippen molar-refractivity contribution in [3.05, 3.63) is 35.9 Å². The number of hydrogen-bond donors (Lipinski definition) is 0. The lowest BCUT2D eigenvalue weighted by atomic mass is 9.90. The van der Waals surface area contributed by atoms with Gasteiger partial charge in [-0.2, -0.15) is 0 Å². The Labute approximate surface area is 123 Å². The third kappa shape index (κ3) is 2.51. The fourth-order valence-electron chi connectivity index (χ4n) is 3.85. The van der Waals surface area contributed by atoms with Gasteiger partial charge in [0.15, 0.2) is 0 Å². The Hall–Kier alpha value is -0.860. The summed E-state index contributed by atoms with van der Waals surface area (Å²) in [5.41, 5.74) is 1.77. The minimum absolute atomic E-state index is 0.287. The molecule has 0 aliphatic carbocycles. The average Bonchev–Trinajstić information content (AvgIpc) is 2.94. The Morgan fingerprint density at radius 1 is 1.15 bits per heavy atom. The predicted molar refractivity (Wildman–Crippen MR) is 84.9 cm³/mol. The third-order valence-electron chi connectivity index (χ3n) is 5.52. The van der Waals surface area contributed by atoms with Crippen LogP contribution in [0.3, 0.4) is 0 Å². The number of benzene rings is 1. The maximum atomic E-state index is 2.77. The molecule has 2 aliphatic heterocycles. The molecule has 0 amide bonds. The molecule has 0 spiro atoms. The van der Waals surface area contributed by atoms with Gasteiger partial charge in [-0.1, -0.05) is 37.3 Å². The summed E-state index contributed by atoms with van der Waals surface area (Å²) in [5, 5.41) is 0. The van der Waals surface area contributed by atoms with E-state index in [0.29, 0.717) is 6.04 Å². The predicted octanol–water partition coefficient (Wildman–Crippen LogP) is 3.70. The summed E-state index contributed by atoms with van der Waals surface area (Å²) in [6, 6.07) is 12.5. The highest BCUT2D eigenvalue weighted by Crippen LogP contribution is 2.37. The van der Waals surface area contributed by atoms with Gasteiger partial charge in [0.2, 0.25) is 0 Å². The quantitative estimate of drug-likeness (QED) is 0.828. The largest absolute Gasteiger partial charge is 0.297 e. The van der Waals surface area contributed by atoms with E-state index in [0.717, 1.165) is 6.04 Å². The second-order valence-corrected chi connectivity index (χ2v) is 7.04. The normalized spacial score (nSPS) is 28.6. The summed E-state index contributed by atoms with van der Waals surface area (Å²) in [7, 11) is 0. The molecule has 2 atom stereocenters. The summed E-state index contributed by atoms with van der Waals surface area (Å²) in [5.74, 6) is 0. The van der Waals surface area contributed by atoms with Gasteiger partial charge < -0.3 is 0 Å². The van der Waals surface area contributed by atoms with E-state index in [2.05, 4.69) is 60.9 Å². The van der Waals surface area contributed by atoms with Crippen molar-refractivity contribution in [3.63, 3.8) is 0 Å². The van der Waals surface area contributed by atoms with Crippen molar-refractivity contribution in [2.75, 3.05) is 19.6 Å². The molecule has 110 valence electrons. The van der Waals surface area contributed by atoms with Gasteiger partial charge in [0.05, 0.1) is 0 Å². The van der Waals surface area contributed by atoms with E-state index in [1.54, 1.807) is 0 Å². The van der Waals surface area contributed by atoms with Gasteiger partial charge in [-0.25, -0.2) is 0 Å². The zero-order valence-corrected chi connectivity index (χ0v) is 13.2. The van der Waals surface area contributed by atoms with E-state index >= 15 is 0 Å². The number of piperazine rings is 1. The van der Waals surface area contributed by atoms with Gasteiger partial charge >= 0.3 is 0 Å². The topological polar surface area (TPSA) is 6.48 Å². The summed E-state index contributed by atoms with van der Waals surface area (Å²) in [6.45, 7) is 10.9. The van der Waals surface area contributed by atoms with Crippen molar-refractivity contribution in [2.45, 2.75) is 57.7 Å². The molecule has 0 N–H and O–H groups in total. The molecule has 3 rings (SSSR count). The summed E-state index contributed by atoms with van der Waals surface area (Å²) in [6.07, 6.45) is 3.98. The molecule has 0 radical (unpaired) electrons. The summed E-state index contributed by atoms with van der Waals surface area (Å²) >= 11 is 0. The van der Waals surface area contributed by atoms with Crippen molar-refractivity contribution >= 4 is 0 Å². The van der Waals surface area contributed by atoms with Crippen LogP contribution in [-0.2, 0) is 0 Å². The second kappa shape index (κ2) is 5.50. The van der Waals surface area contributed by atoms with Crippen LogP contribution in [0.4, 0.5) is 0 Å². The van der Waals surface area contributed by atoms with E-state index in [1.165, 1.54) is 44.5 Å². The van der Waals surface area contributed by atoms with Gasteiger partial charge in [0.25, 0.3) is 0 Å². The van der Waals surface area contributed by atoms with Gasteiger partial charge in [0.1, 0.15) is 0 Å². The highest BCUT2D eigenvalue weighted by Gasteiger charge is 2.41. The fourth-order valence-corrected chi connectivity index (χ4v) is 3.85. The first-order valence-electron chi connectivity index (χ1n) is 8.17. The SMILES string of the molecule is CCC(C)(C)N1CC2CCCN2CC1c1ccccc1. The highest BCUT2D eigenvalue weighted by molar-refractivity contribution is 5.21. The minimum atomic E-state index is 0.287. The van der Waals surface area contributed by atoms with Gasteiger partial charge in [-0.3, -0.25) is 9.80 Å². The minimum Gasteiger partial charge on any atom is -0.297 e. The highest BCUT2D eigenvalue weighted by atomic mass is 15.3. The summed E-state index contributed by atoms with van der Waals surface area (Å²) < 4.78 is 0. The average molecular weight is 272 g/mol. The molecule has 2 heterocycles. The van der Waals surface area contributed by atoms with Crippen LogP contribution in [0.25, 0.3) is 0 Å². The van der Waals surface area contributed by atoms with Crippen LogP contribution in [0.5, 0.6) is 0 Å². The number of rotatable bonds is 3. The van der Waals surface area contributed by atoms with Crippen LogP contribution in [-0.4, -0.2) is 41.0 Å². The van der Waals surface area contributed by atoms with Crippen molar-refractivity contribution in [1.82, 2.24) is 9.80 Å². The Morgan fingerprint density at radius 3 is 2.60 bits per heavy atom. The van der Waals surface area contributed by atoms with Crippen molar-refractivity contribution in [3.8, 4) is 0 Å². The molecule has 2 fully saturated rings. The lowest BCUT2D eigenvalue weighted by molar-refractivity contribution is -0.0185. The first-order chi connectivity index (χ1) is 9.62. The van der Waals surface area contributed by atoms with E-state index < -0.39 is 0 Å². The molecule has 2 unspecified atom stereocenters. The van der Waals surface area contributed by atoms with Crippen LogP contribution < -0.4 is 0 Å². The number of fused-ring (bicyclic) bond motifs is 1. The van der Waals surface area contributed by atoms with Crippen molar-refractivity contribution < 1.29 is 0 Å². The Bertz CT molecular complexity index is 440. The van der Waals surface area contributed by atoms with Crippen LogP contribution in [0, 0.1) is 0 Å². The van der Waals surface area contributed by atoms with E-state index in [1.807, 2.05) is 0 Å². The lowest BCUT2D eigenvalue weighted by Gasteiger charge is -2.51. The molecule has 0 aromatic heterocycles. The van der Waals surface area contributed by atoms with Crippen molar-refractivity contribution in [1.29, 1.82) is 0 Å². The van der Waals surface area contributed by atoms with E-state index in [-0.39, 0.29) is 5.54 Å². The van der Waals surface area contributed by atoms with Crippen LogP contribution in [0.1, 0.15) is 51.6 Å². The molecule has 2 saturated heterocycles. The second-order valence-electron chi connectivity index (χ2n) is 7.04. The third-order valence-corrected chi connectivity index (χ3v) is 5.52. The van der Waals surface area contributed by atoms with Gasteiger partial charge in [-0.15, -0.1) is 0 Å². The number of hydrogen-bond acceptors (Lipinski definition) is 2. The molecule has 2 nitrogen and oxygen atoms in total. The standard InChI is InChI=1S/C18H28N2/c1-4-18(2,3)20-13-16-11-8-12-19(16)14-17(20)15-9-6-5-7-10-15/h5-7,9-10,16-17H,4,8,11-14H2,1-3H3. The first kappa shape index (κ1) is 14.1. The molecular formula is C18H28N2. The monoisotopic (exact) mass is 272 g/mol. The molecule has 1 aromatic rings. The van der Waals surface area contributed by atoms with Crippen LogP contribution in [0.15, 0.2) is 30.3 Å². The summed E-state index contributed by atoms with van der Waals surface area (Å²) in [4.78, 5) is 5.49. The maximum Gasteiger partial charge on any atom is 0.0481 e. The Balaban J connectivity index is 1.91. The number of nitrogens with zero attached hydrogens (tertiary/aromatic N) is 2. The van der Waals surface area contributed by atoms with E-state index in [4.69, 9.17) is 0 Å². The van der Waals surface area contributed by atoms with Gasteiger partial charge in [0, 0.05) is 30.7 Å².